The number of carbonyl (C=O) groups is 3. The fraction of sp³-hybridized carbons (Fsp3) is 0.500. The molecular formula is C18H23NO7S. The summed E-state index contributed by atoms with van der Waals surface area (Å²) in [7, 11) is -4.20. The van der Waals surface area contributed by atoms with Crippen molar-refractivity contribution < 1.29 is 32.3 Å². The van der Waals surface area contributed by atoms with Crippen LogP contribution >= 0.6 is 0 Å². The first kappa shape index (κ1) is 21.0. The Balaban J connectivity index is 2.51. The molecule has 0 aromatic heterocycles. The summed E-state index contributed by atoms with van der Waals surface area (Å²) in [6.45, 7) is 6.14. The first-order chi connectivity index (χ1) is 12.6. The van der Waals surface area contributed by atoms with Crippen molar-refractivity contribution in [3.63, 3.8) is 0 Å². The lowest BCUT2D eigenvalue weighted by Gasteiger charge is -2.13. The van der Waals surface area contributed by atoms with Crippen LogP contribution < -0.4 is 0 Å². The lowest BCUT2D eigenvalue weighted by molar-refractivity contribution is -0.150. The van der Waals surface area contributed by atoms with E-state index >= 15 is 0 Å². The summed E-state index contributed by atoms with van der Waals surface area (Å²) in [6, 6.07) is 4.81. The minimum absolute atomic E-state index is 0.0294. The van der Waals surface area contributed by atoms with E-state index in [0.717, 1.165) is 16.8 Å². The summed E-state index contributed by atoms with van der Waals surface area (Å²) in [5.41, 5.74) is -1.20. The first-order valence-electron chi connectivity index (χ1n) is 8.59. The number of rotatable bonds is 8. The van der Waals surface area contributed by atoms with E-state index in [4.69, 9.17) is 9.47 Å². The molecule has 0 radical (unpaired) electrons. The van der Waals surface area contributed by atoms with Gasteiger partial charge in [-0.2, -0.15) is 4.31 Å². The summed E-state index contributed by atoms with van der Waals surface area (Å²) in [5.74, 6) is -2.38. The minimum Gasteiger partial charge on any atom is -0.466 e. The van der Waals surface area contributed by atoms with Crippen LogP contribution in [0.25, 0.3) is 0 Å². The third kappa shape index (κ3) is 3.61. The highest BCUT2D eigenvalue weighted by Gasteiger charge is 2.77. The van der Waals surface area contributed by atoms with Crippen LogP contribution in [-0.4, -0.2) is 55.2 Å². The number of ether oxygens (including phenoxy) is 2. The second-order valence-corrected chi connectivity index (χ2v) is 8.00. The third-order valence-corrected chi connectivity index (χ3v) is 6.34. The molecule has 0 aliphatic carbocycles. The van der Waals surface area contributed by atoms with Crippen molar-refractivity contribution in [2.24, 2.45) is 0 Å². The van der Waals surface area contributed by atoms with Gasteiger partial charge < -0.3 is 9.47 Å². The maximum atomic E-state index is 13.1. The topological polar surface area (TPSA) is 107 Å². The van der Waals surface area contributed by atoms with Crippen LogP contribution in [-0.2, 0) is 33.9 Å². The van der Waals surface area contributed by atoms with Gasteiger partial charge >= 0.3 is 11.9 Å². The predicted molar refractivity (Wildman–Crippen MR) is 95.3 cm³/mol. The molecule has 27 heavy (non-hydrogen) atoms. The van der Waals surface area contributed by atoms with E-state index in [2.05, 4.69) is 0 Å². The van der Waals surface area contributed by atoms with Crippen molar-refractivity contribution in [3.05, 3.63) is 29.8 Å². The molecule has 1 fully saturated rings. The zero-order valence-corrected chi connectivity index (χ0v) is 16.5. The lowest BCUT2D eigenvalue weighted by Crippen LogP contribution is -2.41. The first-order valence-corrected chi connectivity index (χ1v) is 10.0. The van der Waals surface area contributed by atoms with Gasteiger partial charge in [-0.05, 0) is 39.8 Å². The molecule has 8 nitrogen and oxygen atoms in total. The molecule has 3 atom stereocenters. The van der Waals surface area contributed by atoms with Gasteiger partial charge in [-0.15, -0.1) is 0 Å². The fourth-order valence-corrected chi connectivity index (χ4v) is 5.04. The highest BCUT2D eigenvalue weighted by Crippen LogP contribution is 2.49. The lowest BCUT2D eigenvalue weighted by atomic mass is 9.99. The fourth-order valence-electron chi connectivity index (χ4n) is 3.11. The normalized spacial score (nSPS) is 24.1. The summed E-state index contributed by atoms with van der Waals surface area (Å²) in [5, 5.41) is 0. The van der Waals surface area contributed by atoms with Crippen molar-refractivity contribution in [2.45, 2.75) is 50.6 Å². The van der Waals surface area contributed by atoms with E-state index in [0.29, 0.717) is 0 Å². The number of benzene rings is 1. The molecule has 1 aromatic rings. The van der Waals surface area contributed by atoms with Crippen molar-refractivity contribution in [2.75, 3.05) is 13.2 Å². The van der Waals surface area contributed by atoms with Gasteiger partial charge in [-0.1, -0.05) is 17.7 Å². The Morgan fingerprint density at radius 3 is 2.11 bits per heavy atom. The SMILES string of the molecule is CCOC(=O)CC1N(S(=O)(=O)c2ccc(C)cc2)C1(C(C)=O)C(=O)OCC. The maximum Gasteiger partial charge on any atom is 0.337 e. The number of sulfonamides is 1. The Hall–Kier alpha value is -2.26. The summed E-state index contributed by atoms with van der Waals surface area (Å²) < 4.78 is 36.8. The van der Waals surface area contributed by atoms with Crippen molar-refractivity contribution >= 4 is 27.7 Å². The Labute approximate surface area is 158 Å². The van der Waals surface area contributed by atoms with Gasteiger partial charge in [-0.25, -0.2) is 13.2 Å². The van der Waals surface area contributed by atoms with Crippen LogP contribution in [0, 0.1) is 6.92 Å². The summed E-state index contributed by atoms with van der Waals surface area (Å²) >= 11 is 0. The Kier molecular flexibility index (Phi) is 6.06. The number of esters is 2. The highest BCUT2D eigenvalue weighted by atomic mass is 32.2. The van der Waals surface area contributed by atoms with E-state index < -0.39 is 45.7 Å². The van der Waals surface area contributed by atoms with Gasteiger partial charge in [-0.3, -0.25) is 9.59 Å². The Bertz CT molecular complexity index is 847. The largest absolute Gasteiger partial charge is 0.466 e. The number of aryl methyl sites for hydroxylation is 1. The summed E-state index contributed by atoms with van der Waals surface area (Å²) in [4.78, 5) is 36.8. The van der Waals surface area contributed by atoms with Crippen LogP contribution in [0.5, 0.6) is 0 Å². The molecule has 148 valence electrons. The predicted octanol–water partition coefficient (Wildman–Crippen LogP) is 1.21. The molecule has 0 spiro atoms. The molecule has 1 aliphatic rings. The zero-order chi connectivity index (χ0) is 20.4. The molecule has 0 amide bonds. The summed E-state index contributed by atoms with van der Waals surface area (Å²) in [6.07, 6.45) is -0.419. The van der Waals surface area contributed by atoms with Crippen LogP contribution in [0.2, 0.25) is 0 Å². The quantitative estimate of drug-likeness (QED) is 0.369. The highest BCUT2D eigenvalue weighted by molar-refractivity contribution is 7.89. The molecular weight excluding hydrogens is 374 g/mol. The van der Waals surface area contributed by atoms with Gasteiger partial charge in [0, 0.05) is 0 Å². The van der Waals surface area contributed by atoms with Gasteiger partial charge in [0.15, 0.2) is 5.78 Å². The van der Waals surface area contributed by atoms with Gasteiger partial charge in [0.25, 0.3) is 0 Å². The zero-order valence-electron chi connectivity index (χ0n) is 15.7. The van der Waals surface area contributed by atoms with Crippen LogP contribution in [0.1, 0.15) is 32.8 Å². The standard InChI is InChI=1S/C18H23NO7S/c1-5-25-16(21)11-15-18(13(4)20,17(22)26-6-2)19(15)27(23,24)14-9-7-12(3)8-10-14/h7-10,15H,5-6,11H2,1-4H3. The molecule has 0 saturated carbocycles. The van der Waals surface area contributed by atoms with Crippen LogP contribution in [0.3, 0.4) is 0 Å². The monoisotopic (exact) mass is 397 g/mol. The van der Waals surface area contributed by atoms with Crippen LogP contribution in [0.4, 0.5) is 0 Å². The second kappa shape index (κ2) is 7.77. The van der Waals surface area contributed by atoms with Crippen LogP contribution in [0.15, 0.2) is 29.2 Å². The van der Waals surface area contributed by atoms with Crippen molar-refractivity contribution in [1.82, 2.24) is 4.31 Å². The molecule has 1 heterocycles. The van der Waals surface area contributed by atoms with Gasteiger partial charge in [0.1, 0.15) is 0 Å². The van der Waals surface area contributed by atoms with E-state index in [1.807, 2.05) is 0 Å². The molecule has 9 heteroatoms. The number of hydrogen-bond acceptors (Lipinski definition) is 7. The number of hydrogen-bond donors (Lipinski definition) is 0. The van der Waals surface area contributed by atoms with E-state index in [-0.39, 0.29) is 18.1 Å². The van der Waals surface area contributed by atoms with Crippen molar-refractivity contribution in [1.29, 1.82) is 0 Å². The Morgan fingerprint density at radius 2 is 1.63 bits per heavy atom. The molecule has 1 saturated heterocycles. The molecule has 0 bridgehead atoms. The number of carbonyl (C=O) groups excluding carboxylic acids is 3. The minimum atomic E-state index is -4.20. The van der Waals surface area contributed by atoms with Gasteiger partial charge in [0.05, 0.1) is 30.6 Å². The number of Topliss-reactive ketones (excluding diaryl/α,β-unsaturated/α-hetero) is 1. The van der Waals surface area contributed by atoms with E-state index in [1.54, 1.807) is 32.9 Å². The number of nitrogens with zero attached hydrogens (tertiary/aromatic N) is 1. The molecule has 2 rings (SSSR count). The third-order valence-electron chi connectivity index (χ3n) is 4.41. The smallest absolute Gasteiger partial charge is 0.337 e. The molecule has 1 aromatic carbocycles. The van der Waals surface area contributed by atoms with E-state index in [1.165, 1.54) is 12.1 Å². The Morgan fingerprint density at radius 1 is 1.07 bits per heavy atom. The van der Waals surface area contributed by atoms with Gasteiger partial charge in [0.2, 0.25) is 15.6 Å². The molecule has 1 aliphatic heterocycles. The average Bonchev–Trinajstić information content (AvgIpc) is 3.26. The maximum absolute atomic E-state index is 13.1. The average molecular weight is 397 g/mol. The van der Waals surface area contributed by atoms with Crippen molar-refractivity contribution in [3.8, 4) is 0 Å². The molecule has 0 N–H and O–H groups in total. The molecule has 3 unspecified atom stereocenters. The second-order valence-electron chi connectivity index (χ2n) is 6.18. The number of ketones is 1. The van der Waals surface area contributed by atoms with E-state index in [9.17, 15) is 22.8 Å².